The Morgan fingerprint density at radius 1 is 0.667 bits per heavy atom. The second-order valence-corrected chi connectivity index (χ2v) is 7.71. The van der Waals surface area contributed by atoms with Gasteiger partial charge in [0.05, 0.1) is 17.1 Å². The predicted molar refractivity (Wildman–Crippen MR) is 125 cm³/mol. The molecule has 0 aliphatic rings. The fourth-order valence-electron chi connectivity index (χ4n) is 4.16. The summed E-state index contributed by atoms with van der Waals surface area (Å²) < 4.78 is 2.38. The minimum Gasteiger partial charge on any atom is -0.320 e. The molecule has 30 heavy (non-hydrogen) atoms. The van der Waals surface area contributed by atoms with Gasteiger partial charge in [-0.3, -0.25) is 0 Å². The van der Waals surface area contributed by atoms with Crippen LogP contribution in [0.25, 0.3) is 22.2 Å². The minimum absolute atomic E-state index is 0.220. The Kier molecular flexibility index (Phi) is 4.90. The first-order valence-corrected chi connectivity index (χ1v) is 10.4. The lowest BCUT2D eigenvalue weighted by Gasteiger charge is -2.18. The summed E-state index contributed by atoms with van der Waals surface area (Å²) in [5, 5.41) is 0. The zero-order valence-electron chi connectivity index (χ0n) is 17.1. The van der Waals surface area contributed by atoms with Crippen molar-refractivity contribution in [1.29, 1.82) is 0 Å². The summed E-state index contributed by atoms with van der Waals surface area (Å²) in [5.74, 6) is 1.10. The van der Waals surface area contributed by atoms with E-state index in [4.69, 9.17) is 4.98 Å². The number of nitrogens with zero attached hydrogens (tertiary/aromatic N) is 2. The van der Waals surface area contributed by atoms with Crippen LogP contribution >= 0.6 is 0 Å². The van der Waals surface area contributed by atoms with Crippen LogP contribution in [0.5, 0.6) is 0 Å². The standard InChI is InChI=1S/C28H24N2/c1-21(23-10-4-2-5-11-23)30-27-15-9-8-14-26(27)29-28(30)20-22-16-18-25(19-17-22)24-12-6-3-7-13-24/h2-19,21H,20H2,1H3. The molecule has 2 nitrogen and oxygen atoms in total. The molecule has 4 aromatic carbocycles. The Hall–Kier alpha value is -3.65. The zero-order chi connectivity index (χ0) is 20.3. The van der Waals surface area contributed by atoms with Crippen molar-refractivity contribution in [3.05, 3.63) is 126 Å². The Balaban J connectivity index is 1.51. The average molecular weight is 389 g/mol. The fourth-order valence-corrected chi connectivity index (χ4v) is 4.16. The molecule has 5 rings (SSSR count). The first-order chi connectivity index (χ1) is 14.8. The molecular formula is C28H24N2. The zero-order valence-corrected chi connectivity index (χ0v) is 17.1. The van der Waals surface area contributed by atoms with Gasteiger partial charge in [-0.15, -0.1) is 0 Å². The maximum absolute atomic E-state index is 5.00. The van der Waals surface area contributed by atoms with Crippen LogP contribution in [0.4, 0.5) is 0 Å². The van der Waals surface area contributed by atoms with Gasteiger partial charge in [0.2, 0.25) is 0 Å². The first-order valence-electron chi connectivity index (χ1n) is 10.4. The van der Waals surface area contributed by atoms with E-state index in [0.717, 1.165) is 17.8 Å². The quantitative estimate of drug-likeness (QED) is 0.320. The molecule has 0 aliphatic heterocycles. The maximum Gasteiger partial charge on any atom is 0.114 e. The van der Waals surface area contributed by atoms with E-state index >= 15 is 0 Å². The lowest BCUT2D eigenvalue weighted by molar-refractivity contribution is 0.627. The summed E-state index contributed by atoms with van der Waals surface area (Å²) >= 11 is 0. The molecule has 0 N–H and O–H groups in total. The van der Waals surface area contributed by atoms with E-state index in [2.05, 4.69) is 121 Å². The molecule has 1 unspecified atom stereocenters. The van der Waals surface area contributed by atoms with Crippen molar-refractivity contribution in [3.63, 3.8) is 0 Å². The van der Waals surface area contributed by atoms with E-state index in [9.17, 15) is 0 Å². The van der Waals surface area contributed by atoms with Crippen molar-refractivity contribution >= 4 is 11.0 Å². The lowest BCUT2D eigenvalue weighted by Crippen LogP contribution is -2.11. The Morgan fingerprint density at radius 2 is 1.27 bits per heavy atom. The van der Waals surface area contributed by atoms with Crippen LogP contribution in [0.2, 0.25) is 0 Å². The molecule has 2 heteroatoms. The predicted octanol–water partition coefficient (Wildman–Crippen LogP) is 6.90. The number of para-hydroxylation sites is 2. The third-order valence-corrected chi connectivity index (χ3v) is 5.76. The van der Waals surface area contributed by atoms with E-state index in [1.165, 1.54) is 27.8 Å². The molecular weight excluding hydrogens is 364 g/mol. The number of fused-ring (bicyclic) bond motifs is 1. The number of imidazole rings is 1. The van der Waals surface area contributed by atoms with Gasteiger partial charge in [0.1, 0.15) is 5.82 Å². The molecule has 0 spiro atoms. The summed E-state index contributed by atoms with van der Waals surface area (Å²) in [6.07, 6.45) is 0.806. The van der Waals surface area contributed by atoms with E-state index in [0.29, 0.717) is 0 Å². The highest BCUT2D eigenvalue weighted by Crippen LogP contribution is 2.28. The third-order valence-electron chi connectivity index (χ3n) is 5.76. The average Bonchev–Trinajstić information content (AvgIpc) is 3.18. The maximum atomic E-state index is 5.00. The molecule has 0 amide bonds. The first kappa shape index (κ1) is 18.4. The normalized spacial score (nSPS) is 12.2. The number of hydrogen-bond donors (Lipinski definition) is 0. The van der Waals surface area contributed by atoms with Crippen molar-refractivity contribution in [2.45, 2.75) is 19.4 Å². The van der Waals surface area contributed by atoms with Crippen LogP contribution in [0.1, 0.15) is 29.9 Å². The number of hydrogen-bond acceptors (Lipinski definition) is 1. The highest BCUT2D eigenvalue weighted by atomic mass is 15.1. The second kappa shape index (κ2) is 8.00. The molecule has 0 aliphatic carbocycles. The van der Waals surface area contributed by atoms with Crippen molar-refractivity contribution in [2.24, 2.45) is 0 Å². The Bertz CT molecular complexity index is 1250. The van der Waals surface area contributed by atoms with Crippen LogP contribution in [0.3, 0.4) is 0 Å². The number of aromatic nitrogens is 2. The summed E-state index contributed by atoms with van der Waals surface area (Å²) in [5.41, 5.74) is 7.29. The third kappa shape index (κ3) is 3.53. The minimum atomic E-state index is 0.220. The Morgan fingerprint density at radius 3 is 2.00 bits per heavy atom. The van der Waals surface area contributed by atoms with Gasteiger partial charge in [-0.2, -0.15) is 0 Å². The van der Waals surface area contributed by atoms with Gasteiger partial charge in [-0.05, 0) is 41.3 Å². The summed E-state index contributed by atoms with van der Waals surface area (Å²) in [7, 11) is 0. The molecule has 146 valence electrons. The Labute approximate surface area is 177 Å². The van der Waals surface area contributed by atoms with Gasteiger partial charge < -0.3 is 4.57 Å². The van der Waals surface area contributed by atoms with Crippen molar-refractivity contribution < 1.29 is 0 Å². The SMILES string of the molecule is CC(c1ccccc1)n1c(Cc2ccc(-c3ccccc3)cc2)nc2ccccc21. The van der Waals surface area contributed by atoms with Gasteiger partial charge in [0.25, 0.3) is 0 Å². The molecule has 0 saturated heterocycles. The largest absolute Gasteiger partial charge is 0.320 e. The molecule has 5 aromatic rings. The van der Waals surface area contributed by atoms with Crippen molar-refractivity contribution in [3.8, 4) is 11.1 Å². The van der Waals surface area contributed by atoms with Crippen molar-refractivity contribution in [1.82, 2.24) is 9.55 Å². The molecule has 0 bridgehead atoms. The summed E-state index contributed by atoms with van der Waals surface area (Å²) in [4.78, 5) is 5.00. The molecule has 0 fully saturated rings. The lowest BCUT2D eigenvalue weighted by atomic mass is 10.0. The highest BCUT2D eigenvalue weighted by molar-refractivity contribution is 5.76. The van der Waals surface area contributed by atoms with Crippen LogP contribution in [-0.2, 0) is 6.42 Å². The molecule has 0 saturated carbocycles. The van der Waals surface area contributed by atoms with Crippen molar-refractivity contribution in [2.75, 3.05) is 0 Å². The van der Waals surface area contributed by atoms with Crippen LogP contribution in [0, 0.1) is 0 Å². The van der Waals surface area contributed by atoms with E-state index in [1.54, 1.807) is 0 Å². The summed E-state index contributed by atoms with van der Waals surface area (Å²) in [6.45, 7) is 2.26. The number of rotatable bonds is 5. The fraction of sp³-hybridized carbons (Fsp3) is 0.107. The van der Waals surface area contributed by atoms with Gasteiger partial charge in [-0.25, -0.2) is 4.98 Å². The van der Waals surface area contributed by atoms with Gasteiger partial charge in [0, 0.05) is 6.42 Å². The van der Waals surface area contributed by atoms with Gasteiger partial charge in [0.15, 0.2) is 0 Å². The molecule has 1 heterocycles. The van der Waals surface area contributed by atoms with E-state index < -0.39 is 0 Å². The molecule has 0 radical (unpaired) electrons. The molecule has 1 atom stereocenters. The second-order valence-electron chi connectivity index (χ2n) is 7.71. The topological polar surface area (TPSA) is 17.8 Å². The van der Waals surface area contributed by atoms with Gasteiger partial charge >= 0.3 is 0 Å². The van der Waals surface area contributed by atoms with Crippen LogP contribution < -0.4 is 0 Å². The van der Waals surface area contributed by atoms with Gasteiger partial charge in [-0.1, -0.05) is 97.1 Å². The van der Waals surface area contributed by atoms with E-state index in [-0.39, 0.29) is 6.04 Å². The van der Waals surface area contributed by atoms with Crippen LogP contribution in [-0.4, -0.2) is 9.55 Å². The molecule has 1 aromatic heterocycles. The summed E-state index contributed by atoms with van der Waals surface area (Å²) in [6, 6.07) is 38.7. The van der Waals surface area contributed by atoms with Crippen LogP contribution in [0.15, 0.2) is 109 Å². The smallest absolute Gasteiger partial charge is 0.114 e. The number of benzene rings is 4. The highest BCUT2D eigenvalue weighted by Gasteiger charge is 2.17. The monoisotopic (exact) mass is 388 g/mol. The van der Waals surface area contributed by atoms with E-state index in [1.807, 2.05) is 0 Å².